The number of carbonyl (C=O) groups is 1. The van der Waals surface area contributed by atoms with Crippen LogP contribution in [0.5, 0.6) is 0 Å². The summed E-state index contributed by atoms with van der Waals surface area (Å²) >= 11 is 5.76. The van der Waals surface area contributed by atoms with Crippen molar-refractivity contribution in [2.24, 2.45) is 0 Å². The van der Waals surface area contributed by atoms with Gasteiger partial charge in [0.2, 0.25) is 0 Å². The van der Waals surface area contributed by atoms with Gasteiger partial charge in [-0.3, -0.25) is 4.57 Å². The van der Waals surface area contributed by atoms with Gasteiger partial charge in [0.05, 0.1) is 27.3 Å². The van der Waals surface area contributed by atoms with Gasteiger partial charge < -0.3 is 5.11 Å². The molecule has 0 fully saturated rings. The van der Waals surface area contributed by atoms with Crippen molar-refractivity contribution in [2.75, 3.05) is 0 Å². The molecule has 1 N–H and O–H groups in total. The largest absolute Gasteiger partial charge is 0.478 e. The Morgan fingerprint density at radius 1 is 1.30 bits per heavy atom. The molecule has 0 saturated carbocycles. The van der Waals surface area contributed by atoms with E-state index in [1.807, 2.05) is 0 Å². The van der Waals surface area contributed by atoms with E-state index in [4.69, 9.17) is 16.7 Å². The van der Waals surface area contributed by atoms with Crippen molar-refractivity contribution in [3.63, 3.8) is 0 Å². The monoisotopic (exact) mass is 290 g/mol. The minimum absolute atomic E-state index is 0.00117. The second-order valence-electron chi connectivity index (χ2n) is 4.20. The van der Waals surface area contributed by atoms with Crippen LogP contribution in [0, 0.1) is 5.82 Å². The van der Waals surface area contributed by atoms with Gasteiger partial charge in [-0.2, -0.15) is 0 Å². The molecule has 100 valence electrons. The lowest BCUT2D eigenvalue weighted by molar-refractivity contribution is 0.0697. The summed E-state index contributed by atoms with van der Waals surface area (Å²) in [5.41, 5.74) is 1.42. The van der Waals surface area contributed by atoms with E-state index >= 15 is 0 Å². The maximum atomic E-state index is 14.1. The number of hydrogen-bond acceptors (Lipinski definition) is 2. The van der Waals surface area contributed by atoms with Crippen molar-refractivity contribution in [1.29, 1.82) is 0 Å². The third-order valence-corrected chi connectivity index (χ3v) is 3.28. The number of aromatic carboxylic acids is 1. The highest BCUT2D eigenvalue weighted by atomic mass is 35.5. The van der Waals surface area contributed by atoms with Crippen LogP contribution in [-0.4, -0.2) is 20.6 Å². The molecule has 0 radical (unpaired) electrons. The highest BCUT2D eigenvalue weighted by molar-refractivity contribution is 6.30. The van der Waals surface area contributed by atoms with E-state index in [1.54, 1.807) is 18.2 Å². The van der Waals surface area contributed by atoms with E-state index in [9.17, 15) is 9.18 Å². The number of nitrogens with zero attached hydrogens (tertiary/aromatic N) is 2. The summed E-state index contributed by atoms with van der Waals surface area (Å²) in [5.74, 6) is -1.62. The Kier molecular flexibility index (Phi) is 2.91. The fourth-order valence-electron chi connectivity index (χ4n) is 2.01. The second-order valence-corrected chi connectivity index (χ2v) is 4.60. The SMILES string of the molecule is O=C(O)c1ccc2ncn(-c3cccc(Cl)c3F)c2c1. The van der Waals surface area contributed by atoms with E-state index < -0.39 is 11.8 Å². The van der Waals surface area contributed by atoms with Gasteiger partial charge in [-0.25, -0.2) is 14.2 Å². The molecule has 0 saturated heterocycles. The zero-order valence-corrected chi connectivity index (χ0v) is 10.8. The first-order valence-electron chi connectivity index (χ1n) is 5.72. The molecule has 0 aliphatic rings. The van der Waals surface area contributed by atoms with Gasteiger partial charge in [0, 0.05) is 0 Å². The Morgan fingerprint density at radius 2 is 2.10 bits per heavy atom. The van der Waals surface area contributed by atoms with Crippen LogP contribution in [0.1, 0.15) is 10.4 Å². The van der Waals surface area contributed by atoms with Crippen molar-refractivity contribution < 1.29 is 14.3 Å². The third-order valence-electron chi connectivity index (χ3n) is 2.98. The second kappa shape index (κ2) is 4.61. The normalized spacial score (nSPS) is 10.9. The van der Waals surface area contributed by atoms with Crippen LogP contribution in [0.15, 0.2) is 42.7 Å². The molecule has 4 nitrogen and oxygen atoms in total. The molecule has 1 heterocycles. The standard InChI is InChI=1S/C14H8ClFN2O2/c15-9-2-1-3-11(13(9)16)18-7-17-10-5-4-8(14(19)20)6-12(10)18/h1-7H,(H,19,20). The van der Waals surface area contributed by atoms with E-state index in [0.29, 0.717) is 11.0 Å². The molecular formula is C14H8ClFN2O2. The average Bonchev–Trinajstić information content (AvgIpc) is 2.84. The number of fused-ring (bicyclic) bond motifs is 1. The molecule has 0 bridgehead atoms. The quantitative estimate of drug-likeness (QED) is 0.785. The lowest BCUT2D eigenvalue weighted by atomic mass is 10.2. The van der Waals surface area contributed by atoms with Crippen LogP contribution in [0.25, 0.3) is 16.7 Å². The summed E-state index contributed by atoms with van der Waals surface area (Å²) in [5, 5.41) is 9.02. The van der Waals surface area contributed by atoms with Gasteiger partial charge in [-0.1, -0.05) is 17.7 Å². The van der Waals surface area contributed by atoms with Crippen LogP contribution in [0.2, 0.25) is 5.02 Å². The van der Waals surface area contributed by atoms with Gasteiger partial charge in [0.25, 0.3) is 0 Å². The summed E-state index contributed by atoms with van der Waals surface area (Å²) in [6.45, 7) is 0. The highest BCUT2D eigenvalue weighted by Crippen LogP contribution is 2.25. The van der Waals surface area contributed by atoms with Crippen LogP contribution >= 0.6 is 11.6 Å². The summed E-state index contributed by atoms with van der Waals surface area (Å²) < 4.78 is 15.5. The Labute approximate surface area is 118 Å². The Morgan fingerprint density at radius 3 is 2.85 bits per heavy atom. The van der Waals surface area contributed by atoms with Gasteiger partial charge >= 0.3 is 5.97 Å². The molecule has 1 aromatic heterocycles. The Bertz CT molecular complexity index is 829. The van der Waals surface area contributed by atoms with Gasteiger partial charge in [0.1, 0.15) is 6.33 Å². The fraction of sp³-hybridized carbons (Fsp3) is 0. The third kappa shape index (κ3) is 1.92. The first-order chi connectivity index (χ1) is 9.58. The highest BCUT2D eigenvalue weighted by Gasteiger charge is 2.13. The van der Waals surface area contributed by atoms with E-state index in [2.05, 4.69) is 4.98 Å². The summed E-state index contributed by atoms with van der Waals surface area (Å²) in [6.07, 6.45) is 1.44. The van der Waals surface area contributed by atoms with Crippen LogP contribution < -0.4 is 0 Å². The fourth-order valence-corrected chi connectivity index (χ4v) is 2.18. The lowest BCUT2D eigenvalue weighted by Crippen LogP contribution is -1.99. The van der Waals surface area contributed by atoms with Crippen molar-refractivity contribution in [2.45, 2.75) is 0 Å². The van der Waals surface area contributed by atoms with E-state index in [1.165, 1.54) is 29.1 Å². The minimum atomic E-state index is -1.05. The first kappa shape index (κ1) is 12.6. The number of imidazole rings is 1. The number of rotatable bonds is 2. The molecular weight excluding hydrogens is 283 g/mol. The maximum Gasteiger partial charge on any atom is 0.335 e. The predicted octanol–water partition coefficient (Wildman–Crippen LogP) is 3.52. The van der Waals surface area contributed by atoms with Gasteiger partial charge in [-0.15, -0.1) is 0 Å². The minimum Gasteiger partial charge on any atom is -0.478 e. The number of benzene rings is 2. The molecule has 0 aliphatic carbocycles. The zero-order chi connectivity index (χ0) is 14.3. The molecule has 0 atom stereocenters. The Hall–Kier alpha value is -2.40. The number of aromatic nitrogens is 2. The van der Waals surface area contributed by atoms with Crippen molar-refractivity contribution in [1.82, 2.24) is 9.55 Å². The Balaban J connectivity index is 2.28. The predicted molar refractivity (Wildman–Crippen MR) is 73.0 cm³/mol. The smallest absolute Gasteiger partial charge is 0.335 e. The summed E-state index contributed by atoms with van der Waals surface area (Å²) in [4.78, 5) is 15.1. The number of carboxylic acid groups (broad SMARTS) is 1. The molecule has 0 spiro atoms. The number of hydrogen-bond donors (Lipinski definition) is 1. The summed E-state index contributed by atoms with van der Waals surface area (Å²) in [6, 6.07) is 9.10. The molecule has 3 rings (SSSR count). The van der Waals surface area contributed by atoms with Crippen LogP contribution in [-0.2, 0) is 0 Å². The summed E-state index contributed by atoms with van der Waals surface area (Å²) in [7, 11) is 0. The number of halogens is 2. The van der Waals surface area contributed by atoms with E-state index in [0.717, 1.165) is 0 Å². The molecule has 0 unspecified atom stereocenters. The number of carboxylic acids is 1. The van der Waals surface area contributed by atoms with Crippen LogP contribution in [0.3, 0.4) is 0 Å². The zero-order valence-electron chi connectivity index (χ0n) is 10.0. The van der Waals surface area contributed by atoms with Crippen molar-refractivity contribution >= 4 is 28.6 Å². The lowest BCUT2D eigenvalue weighted by Gasteiger charge is -2.07. The molecule has 20 heavy (non-hydrogen) atoms. The first-order valence-corrected chi connectivity index (χ1v) is 6.10. The molecule has 0 amide bonds. The van der Waals surface area contributed by atoms with Crippen LogP contribution in [0.4, 0.5) is 4.39 Å². The molecule has 6 heteroatoms. The average molecular weight is 291 g/mol. The molecule has 2 aromatic carbocycles. The molecule has 0 aliphatic heterocycles. The van der Waals surface area contributed by atoms with Gasteiger partial charge in [-0.05, 0) is 30.3 Å². The van der Waals surface area contributed by atoms with E-state index in [-0.39, 0.29) is 16.3 Å². The topological polar surface area (TPSA) is 55.1 Å². The van der Waals surface area contributed by atoms with Crippen molar-refractivity contribution in [3.8, 4) is 5.69 Å². The molecule has 3 aromatic rings. The maximum absolute atomic E-state index is 14.1. The van der Waals surface area contributed by atoms with Crippen molar-refractivity contribution in [3.05, 3.63) is 59.1 Å². The van der Waals surface area contributed by atoms with Gasteiger partial charge in [0.15, 0.2) is 5.82 Å².